The Morgan fingerprint density at radius 3 is 2.85 bits per heavy atom. The fourth-order valence-corrected chi connectivity index (χ4v) is 2.60. The third-order valence-electron chi connectivity index (χ3n) is 3.56. The second kappa shape index (κ2) is 8.26. The average Bonchev–Trinajstić information content (AvgIpc) is 2.79. The van der Waals surface area contributed by atoms with E-state index in [4.69, 9.17) is 16.3 Å². The average molecular weight is 279 g/mol. The van der Waals surface area contributed by atoms with Crippen molar-refractivity contribution >= 4 is 12.1 Å². The van der Waals surface area contributed by atoms with Gasteiger partial charge in [-0.25, -0.2) is 4.79 Å². The number of carboxylic acids is 1. The maximum Gasteiger partial charge on any atom is 0.407 e. The maximum absolute atomic E-state index is 11.5. The van der Waals surface area contributed by atoms with Crippen LogP contribution in [0.15, 0.2) is 12.7 Å². The van der Waals surface area contributed by atoms with Gasteiger partial charge in [0.25, 0.3) is 0 Å². The zero-order valence-corrected chi connectivity index (χ0v) is 11.5. The first-order valence-corrected chi connectivity index (χ1v) is 6.81. The number of allylic oxidation sites excluding steroid dienone is 1. The SMILES string of the molecule is C#C[C@H]1CC[C@@H](OC(=O)NCC(=O)O)[C@@H]1CCCC=C. The number of carbonyl (C=O) groups excluding carboxylic acids is 1. The maximum atomic E-state index is 11.5. The molecule has 1 aliphatic rings. The van der Waals surface area contributed by atoms with Gasteiger partial charge in [-0.15, -0.1) is 18.9 Å². The molecule has 3 atom stereocenters. The Morgan fingerprint density at radius 2 is 2.25 bits per heavy atom. The Bertz CT molecular complexity index is 399. The van der Waals surface area contributed by atoms with Crippen LogP contribution in [0.2, 0.25) is 0 Å². The molecular formula is C15H21NO4. The first kappa shape index (κ1) is 16.1. The highest BCUT2D eigenvalue weighted by Crippen LogP contribution is 2.37. The van der Waals surface area contributed by atoms with Crippen molar-refractivity contribution in [1.82, 2.24) is 5.32 Å². The molecule has 1 fully saturated rings. The van der Waals surface area contributed by atoms with Crippen molar-refractivity contribution in [3.63, 3.8) is 0 Å². The van der Waals surface area contributed by atoms with Crippen LogP contribution in [0.1, 0.15) is 32.1 Å². The molecule has 1 saturated carbocycles. The summed E-state index contributed by atoms with van der Waals surface area (Å²) in [7, 11) is 0. The molecule has 0 aromatic rings. The first-order chi connectivity index (χ1) is 9.58. The van der Waals surface area contributed by atoms with Gasteiger partial charge in [0, 0.05) is 11.8 Å². The lowest BCUT2D eigenvalue weighted by Gasteiger charge is -2.22. The van der Waals surface area contributed by atoms with E-state index in [-0.39, 0.29) is 17.9 Å². The van der Waals surface area contributed by atoms with Gasteiger partial charge < -0.3 is 15.2 Å². The van der Waals surface area contributed by atoms with Crippen LogP contribution in [0, 0.1) is 24.2 Å². The smallest absolute Gasteiger partial charge is 0.407 e. The lowest BCUT2D eigenvalue weighted by molar-refractivity contribution is -0.135. The molecule has 110 valence electrons. The zero-order chi connectivity index (χ0) is 15.0. The summed E-state index contributed by atoms with van der Waals surface area (Å²) in [6.45, 7) is 3.24. The van der Waals surface area contributed by atoms with Crippen molar-refractivity contribution < 1.29 is 19.4 Å². The van der Waals surface area contributed by atoms with Crippen LogP contribution in [0.4, 0.5) is 4.79 Å². The number of nitrogens with one attached hydrogen (secondary N) is 1. The molecule has 0 unspecified atom stereocenters. The van der Waals surface area contributed by atoms with Gasteiger partial charge in [0.2, 0.25) is 0 Å². The number of hydrogen-bond acceptors (Lipinski definition) is 3. The molecule has 5 heteroatoms. The number of terminal acetylenes is 1. The molecule has 0 heterocycles. The monoisotopic (exact) mass is 279 g/mol. The van der Waals surface area contributed by atoms with Crippen LogP contribution in [-0.2, 0) is 9.53 Å². The topological polar surface area (TPSA) is 75.6 Å². The number of ether oxygens (including phenoxy) is 1. The number of rotatable bonds is 7. The summed E-state index contributed by atoms with van der Waals surface area (Å²) in [4.78, 5) is 21.9. The van der Waals surface area contributed by atoms with Crippen molar-refractivity contribution in [3.8, 4) is 12.3 Å². The van der Waals surface area contributed by atoms with Crippen molar-refractivity contribution in [3.05, 3.63) is 12.7 Å². The molecule has 0 spiro atoms. The molecule has 1 aliphatic carbocycles. The summed E-state index contributed by atoms with van der Waals surface area (Å²) in [5.41, 5.74) is 0. The van der Waals surface area contributed by atoms with E-state index in [0.717, 1.165) is 32.1 Å². The molecular weight excluding hydrogens is 258 g/mol. The van der Waals surface area contributed by atoms with Crippen LogP contribution in [0.3, 0.4) is 0 Å². The number of carbonyl (C=O) groups is 2. The fourth-order valence-electron chi connectivity index (χ4n) is 2.60. The highest BCUT2D eigenvalue weighted by Gasteiger charge is 2.37. The van der Waals surface area contributed by atoms with Gasteiger partial charge >= 0.3 is 12.1 Å². The van der Waals surface area contributed by atoms with Gasteiger partial charge in [0.05, 0.1) is 0 Å². The number of hydrogen-bond donors (Lipinski definition) is 2. The van der Waals surface area contributed by atoms with E-state index in [1.807, 2.05) is 6.08 Å². The standard InChI is InChI=1S/C15H21NO4/c1-3-5-6-7-12-11(4-2)8-9-13(12)20-15(19)16-10-14(17)18/h2-3,11-13H,1,5-10H2,(H,16,19)(H,17,18)/t11-,12+,13+/m0/s1. The van der Waals surface area contributed by atoms with E-state index in [0.29, 0.717) is 0 Å². The Hall–Kier alpha value is -1.96. The molecule has 0 saturated heterocycles. The van der Waals surface area contributed by atoms with Crippen molar-refractivity contribution in [2.24, 2.45) is 11.8 Å². The van der Waals surface area contributed by atoms with Crippen LogP contribution in [-0.4, -0.2) is 29.8 Å². The highest BCUT2D eigenvalue weighted by molar-refractivity contribution is 5.76. The third kappa shape index (κ3) is 4.96. The Kier molecular flexibility index (Phi) is 6.65. The second-order valence-corrected chi connectivity index (χ2v) is 4.92. The summed E-state index contributed by atoms with van der Waals surface area (Å²) in [6, 6.07) is 0. The second-order valence-electron chi connectivity index (χ2n) is 4.92. The molecule has 0 aliphatic heterocycles. The minimum atomic E-state index is -1.10. The van der Waals surface area contributed by atoms with E-state index in [2.05, 4.69) is 17.8 Å². The van der Waals surface area contributed by atoms with Gasteiger partial charge in [0.1, 0.15) is 12.6 Å². The number of aliphatic carboxylic acids is 1. The predicted octanol–water partition coefficient (Wildman–Crippen LogP) is 2.18. The van der Waals surface area contributed by atoms with Crippen LogP contribution < -0.4 is 5.32 Å². The summed E-state index contributed by atoms with van der Waals surface area (Å²) >= 11 is 0. The molecule has 0 aromatic heterocycles. The van der Waals surface area contributed by atoms with Crippen molar-refractivity contribution in [1.29, 1.82) is 0 Å². The van der Waals surface area contributed by atoms with E-state index in [1.165, 1.54) is 0 Å². The molecule has 0 aromatic carbocycles. The van der Waals surface area contributed by atoms with Crippen molar-refractivity contribution in [2.75, 3.05) is 6.54 Å². The van der Waals surface area contributed by atoms with Crippen LogP contribution in [0.25, 0.3) is 0 Å². The normalized spacial score (nSPS) is 24.6. The number of carboxylic acid groups (broad SMARTS) is 1. The van der Waals surface area contributed by atoms with Gasteiger partial charge in [-0.05, 0) is 32.1 Å². The van der Waals surface area contributed by atoms with Crippen LogP contribution >= 0.6 is 0 Å². The number of unbranched alkanes of at least 4 members (excludes halogenated alkanes) is 1. The lowest BCUT2D eigenvalue weighted by atomic mass is 9.90. The summed E-state index contributed by atoms with van der Waals surface area (Å²) in [5.74, 6) is 1.93. The van der Waals surface area contributed by atoms with Gasteiger partial charge in [0.15, 0.2) is 0 Å². The summed E-state index contributed by atoms with van der Waals surface area (Å²) in [5, 5.41) is 10.7. The quantitative estimate of drug-likeness (QED) is 0.425. The Morgan fingerprint density at radius 1 is 1.50 bits per heavy atom. The Balaban J connectivity index is 2.49. The summed E-state index contributed by atoms with van der Waals surface area (Å²) < 4.78 is 5.30. The molecule has 5 nitrogen and oxygen atoms in total. The van der Waals surface area contributed by atoms with E-state index in [9.17, 15) is 9.59 Å². The third-order valence-corrected chi connectivity index (χ3v) is 3.56. The largest absolute Gasteiger partial charge is 0.480 e. The number of alkyl carbamates (subject to hydrolysis) is 1. The predicted molar refractivity (Wildman–Crippen MR) is 75.0 cm³/mol. The molecule has 1 amide bonds. The molecule has 2 N–H and O–H groups in total. The summed E-state index contributed by atoms with van der Waals surface area (Å²) in [6.07, 6.45) is 10.8. The van der Waals surface area contributed by atoms with Crippen molar-refractivity contribution in [2.45, 2.75) is 38.2 Å². The lowest BCUT2D eigenvalue weighted by Crippen LogP contribution is -2.34. The Labute approximate surface area is 119 Å². The van der Waals surface area contributed by atoms with E-state index in [1.54, 1.807) is 0 Å². The van der Waals surface area contributed by atoms with E-state index < -0.39 is 18.6 Å². The fraction of sp³-hybridized carbons (Fsp3) is 0.600. The minimum Gasteiger partial charge on any atom is -0.480 e. The zero-order valence-electron chi connectivity index (χ0n) is 11.5. The van der Waals surface area contributed by atoms with Gasteiger partial charge in [-0.1, -0.05) is 6.08 Å². The first-order valence-electron chi connectivity index (χ1n) is 6.81. The minimum absolute atomic E-state index is 0.122. The molecule has 1 rings (SSSR count). The highest BCUT2D eigenvalue weighted by atomic mass is 16.6. The molecule has 0 bridgehead atoms. The van der Waals surface area contributed by atoms with Gasteiger partial charge in [-0.3, -0.25) is 4.79 Å². The molecule has 20 heavy (non-hydrogen) atoms. The molecule has 0 radical (unpaired) electrons. The van der Waals surface area contributed by atoms with Crippen LogP contribution in [0.5, 0.6) is 0 Å². The van der Waals surface area contributed by atoms with E-state index >= 15 is 0 Å². The van der Waals surface area contributed by atoms with Gasteiger partial charge in [-0.2, -0.15) is 0 Å². The number of amides is 1.